The molecular formula is C10H16N2O2S2. The molecule has 1 aliphatic rings. The summed E-state index contributed by atoms with van der Waals surface area (Å²) in [5.41, 5.74) is 5.48. The molecule has 0 aliphatic heterocycles. The Labute approximate surface area is 100 Å². The van der Waals surface area contributed by atoms with Crippen molar-refractivity contribution >= 4 is 21.4 Å². The number of sulfonamides is 1. The lowest BCUT2D eigenvalue weighted by Crippen LogP contribution is -2.28. The van der Waals surface area contributed by atoms with Crippen LogP contribution in [-0.2, 0) is 16.6 Å². The summed E-state index contributed by atoms with van der Waals surface area (Å²) < 4.78 is 26.1. The quantitative estimate of drug-likeness (QED) is 0.866. The summed E-state index contributed by atoms with van der Waals surface area (Å²) in [5, 5.41) is 0. The summed E-state index contributed by atoms with van der Waals surface area (Å²) in [7, 11) is -1.64. The lowest BCUT2D eigenvalue weighted by Gasteiger charge is -2.15. The second-order valence-electron chi connectivity index (χ2n) is 4.15. The summed E-state index contributed by atoms with van der Waals surface area (Å²) in [5.74, 6) is 0.564. The molecule has 1 aromatic rings. The maximum atomic E-state index is 12.1. The van der Waals surface area contributed by atoms with Crippen LogP contribution in [0, 0.1) is 5.92 Å². The molecule has 1 saturated carbocycles. The van der Waals surface area contributed by atoms with Crippen LogP contribution in [0.3, 0.4) is 0 Å². The van der Waals surface area contributed by atoms with Gasteiger partial charge in [-0.25, -0.2) is 8.42 Å². The Morgan fingerprint density at radius 3 is 2.69 bits per heavy atom. The predicted molar refractivity (Wildman–Crippen MR) is 64.8 cm³/mol. The highest BCUT2D eigenvalue weighted by Crippen LogP contribution is 2.32. The largest absolute Gasteiger partial charge is 0.326 e. The molecule has 2 N–H and O–H groups in total. The molecule has 6 heteroatoms. The van der Waals surface area contributed by atoms with E-state index in [0.29, 0.717) is 23.2 Å². The Balaban J connectivity index is 2.16. The van der Waals surface area contributed by atoms with Gasteiger partial charge in [-0.15, -0.1) is 11.3 Å². The van der Waals surface area contributed by atoms with Crippen LogP contribution in [-0.4, -0.2) is 26.3 Å². The van der Waals surface area contributed by atoms with Crippen molar-refractivity contribution in [3.63, 3.8) is 0 Å². The molecule has 16 heavy (non-hydrogen) atoms. The highest BCUT2D eigenvalue weighted by molar-refractivity contribution is 7.91. The van der Waals surface area contributed by atoms with Crippen molar-refractivity contribution in [2.24, 2.45) is 11.7 Å². The van der Waals surface area contributed by atoms with Gasteiger partial charge in [0.2, 0.25) is 0 Å². The molecular weight excluding hydrogens is 244 g/mol. The van der Waals surface area contributed by atoms with E-state index in [9.17, 15) is 8.42 Å². The third kappa shape index (κ3) is 2.45. The first-order valence-electron chi connectivity index (χ1n) is 5.29. The summed E-state index contributed by atoms with van der Waals surface area (Å²) in [4.78, 5) is 0.901. The molecule has 1 aromatic heterocycles. The van der Waals surface area contributed by atoms with E-state index in [2.05, 4.69) is 0 Å². The monoisotopic (exact) mass is 260 g/mol. The summed E-state index contributed by atoms with van der Waals surface area (Å²) >= 11 is 1.26. The first-order valence-corrected chi connectivity index (χ1v) is 7.55. The van der Waals surface area contributed by atoms with Gasteiger partial charge in [0.15, 0.2) is 0 Å². The fourth-order valence-electron chi connectivity index (χ4n) is 1.52. The third-order valence-corrected chi connectivity index (χ3v) is 6.11. The Morgan fingerprint density at radius 1 is 1.50 bits per heavy atom. The van der Waals surface area contributed by atoms with Crippen LogP contribution in [0.5, 0.6) is 0 Å². The van der Waals surface area contributed by atoms with Gasteiger partial charge in [-0.1, -0.05) is 0 Å². The van der Waals surface area contributed by atoms with Gasteiger partial charge >= 0.3 is 0 Å². The van der Waals surface area contributed by atoms with Crippen LogP contribution in [0.1, 0.15) is 17.7 Å². The van der Waals surface area contributed by atoms with Crippen molar-refractivity contribution in [2.45, 2.75) is 23.6 Å². The lowest BCUT2D eigenvalue weighted by atomic mass is 10.4. The van der Waals surface area contributed by atoms with Crippen LogP contribution in [0.25, 0.3) is 0 Å². The molecule has 0 bridgehead atoms. The summed E-state index contributed by atoms with van der Waals surface area (Å²) in [6.07, 6.45) is 2.30. The molecule has 0 amide bonds. The van der Waals surface area contributed by atoms with Gasteiger partial charge < -0.3 is 5.73 Å². The Morgan fingerprint density at radius 2 is 2.19 bits per heavy atom. The molecule has 0 unspecified atom stereocenters. The van der Waals surface area contributed by atoms with Crippen LogP contribution in [0.15, 0.2) is 16.3 Å². The second-order valence-corrected chi connectivity index (χ2v) is 7.59. The van der Waals surface area contributed by atoms with E-state index in [0.717, 1.165) is 17.7 Å². The van der Waals surface area contributed by atoms with E-state index in [-0.39, 0.29) is 0 Å². The third-order valence-electron chi connectivity index (χ3n) is 2.71. The van der Waals surface area contributed by atoms with Gasteiger partial charge in [0.25, 0.3) is 10.0 Å². The van der Waals surface area contributed by atoms with Gasteiger partial charge in [0.05, 0.1) is 0 Å². The van der Waals surface area contributed by atoms with Crippen LogP contribution >= 0.6 is 11.3 Å². The minimum Gasteiger partial charge on any atom is -0.326 e. The van der Waals surface area contributed by atoms with E-state index in [1.165, 1.54) is 15.6 Å². The van der Waals surface area contributed by atoms with E-state index in [1.807, 2.05) is 0 Å². The van der Waals surface area contributed by atoms with Crippen LogP contribution in [0.2, 0.25) is 0 Å². The number of hydrogen-bond acceptors (Lipinski definition) is 4. The summed E-state index contributed by atoms with van der Waals surface area (Å²) in [6, 6.07) is 3.42. The van der Waals surface area contributed by atoms with Gasteiger partial charge in [-0.05, 0) is 30.9 Å². The standard InChI is InChI=1S/C10H16N2O2S2/c1-12(7-8-2-3-8)16(13,14)10-5-4-9(6-11)15-10/h4-5,8H,2-3,6-7,11H2,1H3. The smallest absolute Gasteiger partial charge is 0.252 e. The van der Waals surface area contributed by atoms with Crippen molar-refractivity contribution in [1.29, 1.82) is 0 Å². The SMILES string of the molecule is CN(CC1CC1)S(=O)(=O)c1ccc(CN)s1. The average Bonchev–Trinajstić information content (AvgIpc) is 2.93. The highest BCUT2D eigenvalue weighted by atomic mass is 32.2. The zero-order valence-electron chi connectivity index (χ0n) is 9.22. The minimum absolute atomic E-state index is 0.395. The predicted octanol–water partition coefficient (Wildman–Crippen LogP) is 1.24. The van der Waals surface area contributed by atoms with Crippen LogP contribution < -0.4 is 5.73 Å². The molecule has 90 valence electrons. The summed E-state index contributed by atoms with van der Waals surface area (Å²) in [6.45, 7) is 1.03. The maximum absolute atomic E-state index is 12.1. The maximum Gasteiger partial charge on any atom is 0.252 e. The lowest BCUT2D eigenvalue weighted by molar-refractivity contribution is 0.454. The number of rotatable bonds is 5. The Bertz CT molecular complexity index is 463. The molecule has 0 radical (unpaired) electrons. The van der Waals surface area contributed by atoms with E-state index in [1.54, 1.807) is 19.2 Å². The highest BCUT2D eigenvalue weighted by Gasteiger charge is 2.29. The zero-order chi connectivity index (χ0) is 11.8. The normalized spacial score (nSPS) is 16.9. The van der Waals surface area contributed by atoms with Crippen molar-refractivity contribution in [2.75, 3.05) is 13.6 Å². The first kappa shape index (κ1) is 12.0. The van der Waals surface area contributed by atoms with Gasteiger partial charge in [0, 0.05) is 25.0 Å². The molecule has 2 rings (SSSR count). The van der Waals surface area contributed by atoms with E-state index < -0.39 is 10.0 Å². The average molecular weight is 260 g/mol. The minimum atomic E-state index is -3.29. The molecule has 1 aliphatic carbocycles. The topological polar surface area (TPSA) is 63.4 Å². The second kappa shape index (κ2) is 4.44. The number of hydrogen-bond donors (Lipinski definition) is 1. The molecule has 0 atom stereocenters. The van der Waals surface area contributed by atoms with Gasteiger partial charge in [0.1, 0.15) is 4.21 Å². The van der Waals surface area contributed by atoms with Crippen LogP contribution in [0.4, 0.5) is 0 Å². The van der Waals surface area contributed by atoms with Crippen molar-refractivity contribution in [1.82, 2.24) is 4.31 Å². The van der Waals surface area contributed by atoms with E-state index >= 15 is 0 Å². The number of nitrogens with zero attached hydrogens (tertiary/aromatic N) is 1. The molecule has 4 nitrogen and oxygen atoms in total. The number of nitrogens with two attached hydrogens (primary N) is 1. The van der Waals surface area contributed by atoms with E-state index in [4.69, 9.17) is 5.73 Å². The van der Waals surface area contributed by atoms with Crippen molar-refractivity contribution in [3.8, 4) is 0 Å². The fraction of sp³-hybridized carbons (Fsp3) is 0.600. The van der Waals surface area contributed by atoms with Gasteiger partial charge in [-0.2, -0.15) is 4.31 Å². The fourth-order valence-corrected chi connectivity index (χ4v) is 4.21. The number of thiophene rings is 1. The van der Waals surface area contributed by atoms with Crippen molar-refractivity contribution < 1.29 is 8.42 Å². The molecule has 1 heterocycles. The van der Waals surface area contributed by atoms with Crippen molar-refractivity contribution in [3.05, 3.63) is 17.0 Å². The Hall–Kier alpha value is -0.430. The molecule has 0 spiro atoms. The molecule has 0 saturated heterocycles. The first-order chi connectivity index (χ1) is 7.54. The Kier molecular flexibility index (Phi) is 3.34. The molecule has 1 fully saturated rings. The zero-order valence-corrected chi connectivity index (χ0v) is 10.9. The van der Waals surface area contributed by atoms with Gasteiger partial charge in [-0.3, -0.25) is 0 Å². The molecule has 0 aromatic carbocycles.